The molecule has 0 saturated carbocycles. The maximum atomic E-state index is 12.2. The summed E-state index contributed by atoms with van der Waals surface area (Å²) in [4.78, 5) is 65.8. The second-order valence-corrected chi connectivity index (χ2v) is 35.1. The number of alkyl halides is 1. The van der Waals surface area contributed by atoms with E-state index in [9.17, 15) is 24.0 Å². The molecule has 0 radical (unpaired) electrons. The first-order valence-electron chi connectivity index (χ1n) is 31.5. The van der Waals surface area contributed by atoms with Gasteiger partial charge in [0.25, 0.3) is 0 Å². The van der Waals surface area contributed by atoms with Gasteiger partial charge in [-0.1, -0.05) is 102 Å². The number of nitrogens with two attached hydrogens (primary N) is 2. The van der Waals surface area contributed by atoms with Gasteiger partial charge in [-0.15, -0.1) is 0 Å². The molecule has 6 unspecified atom stereocenters. The number of piperidine rings is 4. The van der Waals surface area contributed by atoms with Crippen LogP contribution in [0, 0.1) is 23.7 Å². The zero-order valence-corrected chi connectivity index (χ0v) is 60.9. The highest BCUT2D eigenvalue weighted by Gasteiger charge is 2.33. The Labute approximate surface area is 573 Å². The van der Waals surface area contributed by atoms with E-state index in [1.807, 2.05) is 161 Å². The topological polar surface area (TPSA) is 200 Å². The molecular formula is C70H115BrCl3N7O9Si. The fourth-order valence-electron chi connectivity index (χ4n) is 10.1. The molecule has 4 heterocycles. The van der Waals surface area contributed by atoms with E-state index in [-0.39, 0.29) is 69.1 Å². The van der Waals surface area contributed by atoms with Crippen molar-refractivity contribution in [1.29, 1.82) is 0 Å². The molecule has 6 atom stereocenters. The van der Waals surface area contributed by atoms with Crippen molar-refractivity contribution in [2.45, 2.75) is 222 Å². The van der Waals surface area contributed by atoms with E-state index in [2.05, 4.69) is 46.4 Å². The minimum absolute atomic E-state index is 0. The number of hydrogen-bond donors (Lipinski definition) is 2. The number of benzene rings is 3. The minimum atomic E-state index is -1.39. The summed E-state index contributed by atoms with van der Waals surface area (Å²) >= 11 is 21.1. The number of amides is 4. The number of halogens is 4. The van der Waals surface area contributed by atoms with Crippen LogP contribution < -0.4 is 11.5 Å². The molecule has 4 saturated heterocycles. The third-order valence-corrected chi connectivity index (χ3v) is 16.6. The second-order valence-electron chi connectivity index (χ2n) is 28.7. The van der Waals surface area contributed by atoms with Crippen molar-refractivity contribution in [1.82, 2.24) is 19.6 Å². The van der Waals surface area contributed by atoms with Crippen molar-refractivity contribution in [2.24, 2.45) is 39.8 Å². The van der Waals surface area contributed by atoms with Gasteiger partial charge in [0, 0.05) is 96.7 Å². The normalized spacial score (nSPS) is 19.4. The Morgan fingerprint density at radius 2 is 0.824 bits per heavy atom. The van der Waals surface area contributed by atoms with E-state index in [0.717, 1.165) is 128 Å². The maximum Gasteiger partial charge on any atom is 0.410 e. The maximum absolute atomic E-state index is 12.2. The average Bonchev–Trinajstić information content (AvgIpc) is 1.24. The van der Waals surface area contributed by atoms with E-state index < -0.39 is 30.6 Å². The molecule has 4 N–H and O–H groups in total. The zero-order chi connectivity index (χ0) is 66.9. The molecule has 7 rings (SSSR count). The fourth-order valence-corrected chi connectivity index (χ4v) is 11.7. The van der Waals surface area contributed by atoms with E-state index in [0.29, 0.717) is 32.1 Å². The molecule has 3 aromatic carbocycles. The van der Waals surface area contributed by atoms with Crippen LogP contribution in [0.15, 0.2) is 77.5 Å². The Morgan fingerprint density at radius 3 is 1.12 bits per heavy atom. The summed E-state index contributed by atoms with van der Waals surface area (Å²) in [5.41, 5.74) is 14.5. The van der Waals surface area contributed by atoms with Crippen molar-refractivity contribution >= 4 is 95.8 Å². The molecule has 516 valence electrons. The molecule has 0 bridgehead atoms. The molecule has 4 aliphatic rings. The molecular weight excluding hydrogens is 1300 g/mol. The van der Waals surface area contributed by atoms with Crippen LogP contribution in [-0.4, -0.2) is 152 Å². The Balaban J connectivity index is 0.000000581. The summed E-state index contributed by atoms with van der Waals surface area (Å²) in [5, 5.41) is 3.13. The van der Waals surface area contributed by atoms with Crippen molar-refractivity contribution in [3.05, 3.63) is 105 Å². The summed E-state index contributed by atoms with van der Waals surface area (Å²) in [7, 11) is -1.39. The van der Waals surface area contributed by atoms with Crippen molar-refractivity contribution in [2.75, 3.05) is 52.4 Å². The molecule has 16 nitrogen and oxygen atoms in total. The predicted molar refractivity (Wildman–Crippen MR) is 384 cm³/mol. The van der Waals surface area contributed by atoms with Crippen LogP contribution >= 0.6 is 50.7 Å². The van der Waals surface area contributed by atoms with Gasteiger partial charge in [-0.05, 0) is 238 Å². The second kappa shape index (κ2) is 40.1. The first-order valence-corrected chi connectivity index (χ1v) is 37.2. The number of nitrogens with zero attached hydrogens (tertiary/aromatic N) is 5. The fraction of sp³-hybridized carbons (Fsp3) is 0.657. The lowest BCUT2D eigenvalue weighted by Crippen LogP contribution is -2.48. The van der Waals surface area contributed by atoms with Crippen LogP contribution in [0.5, 0.6) is 0 Å². The number of ether oxygens (including phenoxy) is 4. The van der Waals surface area contributed by atoms with Gasteiger partial charge in [0.2, 0.25) is 0 Å². The highest BCUT2D eigenvalue weighted by molar-refractivity contribution is 9.08. The van der Waals surface area contributed by atoms with E-state index in [4.69, 9.17) is 65.2 Å². The summed E-state index contributed by atoms with van der Waals surface area (Å²) in [6, 6.07) is 23.4. The number of aldehydes is 1. The molecule has 0 aliphatic carbocycles. The van der Waals surface area contributed by atoms with Gasteiger partial charge in [-0.25, -0.2) is 19.2 Å². The Kier molecular flexibility index (Phi) is 37.2. The lowest BCUT2D eigenvalue weighted by atomic mass is 9.88. The highest BCUT2D eigenvalue weighted by Crippen LogP contribution is 2.27. The number of likely N-dealkylation sites (tertiary alicyclic amines) is 4. The first-order chi connectivity index (χ1) is 41.3. The van der Waals surface area contributed by atoms with Crippen molar-refractivity contribution in [3.63, 3.8) is 0 Å². The molecule has 21 heteroatoms. The Morgan fingerprint density at radius 1 is 0.527 bits per heavy atom. The summed E-state index contributed by atoms with van der Waals surface area (Å²) in [5.74, 6) is 0.935. The van der Waals surface area contributed by atoms with Gasteiger partial charge < -0.3 is 59.5 Å². The van der Waals surface area contributed by atoms with Gasteiger partial charge in [0.15, 0.2) is 8.24 Å². The van der Waals surface area contributed by atoms with Gasteiger partial charge in [-0.3, -0.25) is 0 Å². The lowest BCUT2D eigenvalue weighted by Gasteiger charge is -2.36. The number of carbonyl (C=O) groups is 5. The molecule has 3 aromatic rings. The average molecular weight is 1410 g/mol. The number of rotatable bonds is 10. The van der Waals surface area contributed by atoms with Crippen LogP contribution in [-0.2, 0) is 41.9 Å². The van der Waals surface area contributed by atoms with E-state index in [1.165, 1.54) is 5.56 Å². The third kappa shape index (κ3) is 36.7. The zero-order valence-electron chi connectivity index (χ0n) is 56.1. The Hall–Kier alpha value is -4.43. The van der Waals surface area contributed by atoms with Gasteiger partial charge in [0.1, 0.15) is 28.7 Å². The smallest absolute Gasteiger partial charge is 0.410 e. The lowest BCUT2D eigenvalue weighted by molar-refractivity contribution is -0.112. The quantitative estimate of drug-likeness (QED) is 0.0643. The summed E-state index contributed by atoms with van der Waals surface area (Å²) < 4.78 is 26.3. The van der Waals surface area contributed by atoms with Crippen molar-refractivity contribution in [3.8, 4) is 0 Å². The molecule has 0 aromatic heterocycles. The summed E-state index contributed by atoms with van der Waals surface area (Å²) in [6.45, 7) is 34.7. The van der Waals surface area contributed by atoms with Crippen molar-refractivity contribution < 1.29 is 42.9 Å². The molecule has 91 heavy (non-hydrogen) atoms. The third-order valence-electron chi connectivity index (χ3n) is 14.3. The van der Waals surface area contributed by atoms with E-state index >= 15 is 0 Å². The summed E-state index contributed by atoms with van der Waals surface area (Å²) in [6.07, 6.45) is 11.5. The highest BCUT2D eigenvalue weighted by atomic mass is 79.9. The molecule has 4 aliphatic heterocycles. The van der Waals surface area contributed by atoms with Gasteiger partial charge in [0.05, 0.1) is 0 Å². The first kappa shape index (κ1) is 84.6. The van der Waals surface area contributed by atoms with Crippen LogP contribution in [0.3, 0.4) is 0 Å². The molecule has 4 amide bonds. The van der Waals surface area contributed by atoms with Crippen LogP contribution in [0.1, 0.15) is 166 Å². The standard InChI is InChI=1S/2C18H27ClN2O2.C14H28N2O2Si.C11H19NO3.C7H6BrCl.2CH4/c2*1-18(2,3)23-17(22)21-9-5-7-14(12-21)16(20)11-13-6-4-8-15(19)10-13;1-14(2,3)18-13(17)16-9-7-8-12(11-16)10-15-19(4,5)6;1-11(2,3)15-10(14)12-6-4-5-9(7-12)8-13;8-5-6-2-1-3-7(9)4-6;;/h2*4,6,8,10,14,16H,5,7,9,11-12,20H2,1-3H3;10,12H,7-9,11H2,1-6H3;8-9H,4-7H2,1-3H3;1-4H,5H2;2*1H4. The SMILES string of the molecule is C.C.CC(C)(C)OC(=O)N1CCCC(C(N)Cc2cccc(Cl)c2)C1.CC(C)(C)OC(=O)N1CCCC(C(N)Cc2cccc(Cl)c2)C1.CC(C)(C)OC(=O)N1CCCC(C=N[Si](C)(C)C)C1.CC(C)(C)OC(=O)N1CCCC(C=O)C1.Clc1cccc(CBr)c1. The number of carbonyl (C=O) groups excluding carboxylic acids is 5. The minimum Gasteiger partial charge on any atom is -0.444 e. The monoisotopic (exact) mass is 1410 g/mol. The van der Waals surface area contributed by atoms with Gasteiger partial charge >= 0.3 is 24.4 Å². The molecule has 0 spiro atoms. The van der Waals surface area contributed by atoms with Crippen LogP contribution in [0.2, 0.25) is 34.7 Å². The Bertz CT molecular complexity index is 2600. The van der Waals surface area contributed by atoms with E-state index in [1.54, 1.807) is 14.7 Å². The largest absolute Gasteiger partial charge is 0.444 e. The van der Waals surface area contributed by atoms with Gasteiger partial charge in [-0.2, -0.15) is 0 Å². The predicted octanol–water partition coefficient (Wildman–Crippen LogP) is 17.6. The van der Waals surface area contributed by atoms with Crippen LogP contribution in [0.25, 0.3) is 0 Å². The van der Waals surface area contributed by atoms with Crippen LogP contribution in [0.4, 0.5) is 19.2 Å². The number of hydrogen-bond acceptors (Lipinski definition) is 12. The molecule has 4 fully saturated rings.